The second-order valence-electron chi connectivity index (χ2n) is 13.5. The molecule has 0 spiro atoms. The van der Waals surface area contributed by atoms with Gasteiger partial charge >= 0.3 is 0 Å². The van der Waals surface area contributed by atoms with Gasteiger partial charge in [-0.15, -0.1) is 11.3 Å². The van der Waals surface area contributed by atoms with E-state index in [0.29, 0.717) is 44.2 Å². The number of nitrogens with zero attached hydrogens (tertiary/aromatic N) is 6. The number of ether oxygens (including phenoxy) is 1. The maximum absolute atomic E-state index is 13.4. The van der Waals surface area contributed by atoms with E-state index < -0.39 is 6.04 Å². The smallest absolute Gasteiger partial charge is 0.242 e. The molecule has 2 unspecified atom stereocenters. The molecular weight excluding hydrogens is 629 g/mol. The van der Waals surface area contributed by atoms with E-state index in [9.17, 15) is 14.4 Å². The van der Waals surface area contributed by atoms with Crippen molar-refractivity contribution in [1.82, 2.24) is 35.4 Å². The minimum atomic E-state index is -0.455. The van der Waals surface area contributed by atoms with Gasteiger partial charge in [0.2, 0.25) is 17.8 Å². The van der Waals surface area contributed by atoms with Gasteiger partial charge in [-0.1, -0.05) is 32.9 Å². The molecule has 0 radical (unpaired) electrons. The molecular formula is C35H48N8O4S. The number of hydrogen-bond acceptors (Lipinski definition) is 11. The minimum Gasteiger partial charge on any atom is -0.492 e. The van der Waals surface area contributed by atoms with E-state index in [1.54, 1.807) is 35.5 Å². The zero-order valence-electron chi connectivity index (χ0n) is 28.7. The number of piperazine rings is 1. The van der Waals surface area contributed by atoms with Gasteiger partial charge in [0, 0.05) is 52.0 Å². The van der Waals surface area contributed by atoms with Crippen LogP contribution in [0.2, 0.25) is 0 Å². The fourth-order valence-electron chi connectivity index (χ4n) is 6.49. The van der Waals surface area contributed by atoms with E-state index >= 15 is 0 Å². The highest BCUT2D eigenvalue weighted by atomic mass is 32.1. The molecule has 0 aliphatic carbocycles. The van der Waals surface area contributed by atoms with Crippen LogP contribution in [0.1, 0.15) is 55.4 Å². The molecule has 12 nitrogen and oxygen atoms in total. The number of aryl methyl sites for hydroxylation is 1. The molecule has 4 heterocycles. The number of amides is 2. The first-order valence-corrected chi connectivity index (χ1v) is 17.6. The molecule has 2 atom stereocenters. The highest BCUT2D eigenvalue weighted by Gasteiger charge is 2.40. The molecule has 5 rings (SSSR count). The predicted octanol–water partition coefficient (Wildman–Crippen LogP) is 3.21. The summed E-state index contributed by atoms with van der Waals surface area (Å²) < 4.78 is 6.43. The van der Waals surface area contributed by atoms with Gasteiger partial charge in [0.05, 0.1) is 22.1 Å². The van der Waals surface area contributed by atoms with Gasteiger partial charge in [0.1, 0.15) is 24.1 Å². The normalized spacial score (nSPS) is 17.7. The number of aldehydes is 1. The fourth-order valence-corrected chi connectivity index (χ4v) is 7.29. The highest BCUT2D eigenvalue weighted by Crippen LogP contribution is 2.32. The number of thiazole rings is 1. The lowest BCUT2D eigenvalue weighted by molar-refractivity contribution is -0.142. The van der Waals surface area contributed by atoms with Crippen molar-refractivity contribution >= 4 is 35.4 Å². The molecule has 2 aliphatic heterocycles. The van der Waals surface area contributed by atoms with Gasteiger partial charge in [0.25, 0.3) is 0 Å². The van der Waals surface area contributed by atoms with Crippen LogP contribution in [-0.2, 0) is 16.0 Å². The van der Waals surface area contributed by atoms with Crippen molar-refractivity contribution < 1.29 is 19.1 Å². The quantitative estimate of drug-likeness (QED) is 0.260. The van der Waals surface area contributed by atoms with E-state index in [1.807, 2.05) is 33.2 Å². The van der Waals surface area contributed by atoms with Crippen molar-refractivity contribution in [2.75, 3.05) is 64.4 Å². The second kappa shape index (κ2) is 16.0. The number of aromatic nitrogens is 3. The molecule has 2 amide bonds. The molecule has 13 heteroatoms. The van der Waals surface area contributed by atoms with Crippen LogP contribution in [0.15, 0.2) is 36.0 Å². The zero-order chi connectivity index (χ0) is 34.3. The summed E-state index contributed by atoms with van der Waals surface area (Å²) in [6.45, 7) is 13.6. The van der Waals surface area contributed by atoms with Crippen LogP contribution in [0.3, 0.4) is 0 Å². The van der Waals surface area contributed by atoms with E-state index in [0.717, 1.165) is 72.9 Å². The number of carbonyl (C=O) groups excluding carboxylic acids is 3. The Bertz CT molecular complexity index is 1570. The molecule has 2 saturated heterocycles. The largest absolute Gasteiger partial charge is 0.492 e. The number of benzene rings is 1. The van der Waals surface area contributed by atoms with Gasteiger partial charge in [0.15, 0.2) is 6.29 Å². The lowest BCUT2D eigenvalue weighted by atomic mass is 9.86. The Morgan fingerprint density at radius 2 is 1.92 bits per heavy atom. The minimum absolute atomic E-state index is 0.0193. The van der Waals surface area contributed by atoms with Crippen molar-refractivity contribution in [3.8, 4) is 16.2 Å². The second-order valence-corrected chi connectivity index (χ2v) is 14.3. The van der Waals surface area contributed by atoms with Crippen LogP contribution >= 0.6 is 11.3 Å². The summed E-state index contributed by atoms with van der Waals surface area (Å²) in [6.07, 6.45) is 4.45. The molecule has 1 aromatic carbocycles. The summed E-state index contributed by atoms with van der Waals surface area (Å²) in [5, 5.41) is 6.26. The Hall–Kier alpha value is -3.94. The molecule has 2 N–H and O–H groups in total. The van der Waals surface area contributed by atoms with Crippen molar-refractivity contribution in [3.63, 3.8) is 0 Å². The van der Waals surface area contributed by atoms with Gasteiger partial charge in [-0.05, 0) is 61.9 Å². The molecule has 258 valence electrons. The molecule has 0 saturated carbocycles. The Kier molecular flexibility index (Phi) is 11.8. The zero-order valence-corrected chi connectivity index (χ0v) is 29.5. The maximum Gasteiger partial charge on any atom is 0.242 e. The van der Waals surface area contributed by atoms with Crippen LogP contribution in [0.5, 0.6) is 5.75 Å². The number of carbonyl (C=O) groups is 3. The number of likely N-dealkylation sites (tertiary alicyclic amines) is 1. The molecule has 48 heavy (non-hydrogen) atoms. The first-order chi connectivity index (χ1) is 23.1. The highest BCUT2D eigenvalue weighted by molar-refractivity contribution is 7.13. The van der Waals surface area contributed by atoms with E-state index in [1.165, 1.54) is 0 Å². The molecule has 2 aliphatic rings. The number of nitrogens with one attached hydrogen (secondary N) is 2. The Morgan fingerprint density at radius 1 is 1.12 bits per heavy atom. The average Bonchev–Trinajstić information content (AvgIpc) is 3.75. The lowest BCUT2D eigenvalue weighted by Gasteiger charge is -2.34. The van der Waals surface area contributed by atoms with Crippen molar-refractivity contribution in [1.29, 1.82) is 0 Å². The number of hydrogen-bond donors (Lipinski definition) is 2. The predicted molar refractivity (Wildman–Crippen MR) is 188 cm³/mol. The average molecular weight is 677 g/mol. The summed E-state index contributed by atoms with van der Waals surface area (Å²) in [5.74, 6) is 1.26. The lowest BCUT2D eigenvalue weighted by Crippen LogP contribution is -2.55. The molecule has 2 fully saturated rings. The van der Waals surface area contributed by atoms with Crippen LogP contribution < -0.4 is 20.3 Å². The van der Waals surface area contributed by atoms with Crippen LogP contribution in [0.4, 0.5) is 5.95 Å². The maximum atomic E-state index is 13.4. The third kappa shape index (κ3) is 8.55. The third-order valence-corrected chi connectivity index (χ3v) is 10.1. The van der Waals surface area contributed by atoms with E-state index in [2.05, 4.69) is 53.6 Å². The van der Waals surface area contributed by atoms with Gasteiger partial charge < -0.3 is 25.2 Å². The third-order valence-electron chi connectivity index (χ3n) is 9.11. The van der Waals surface area contributed by atoms with Gasteiger partial charge in [-0.2, -0.15) is 0 Å². The summed E-state index contributed by atoms with van der Waals surface area (Å²) in [7, 11) is 1.80. The van der Waals surface area contributed by atoms with Crippen LogP contribution in [0.25, 0.3) is 10.4 Å². The molecule has 2 aromatic heterocycles. The SMILES string of the molecule is CNC(C(=O)N1CCCC1C(=O)NCCc1ccc(-c2scnc2C)cc1OCCN1CCN(c2nccc(C=O)n2)CC1)C(C)(C)C. The van der Waals surface area contributed by atoms with Crippen molar-refractivity contribution in [2.45, 2.75) is 59.0 Å². The van der Waals surface area contributed by atoms with Crippen LogP contribution in [-0.4, -0.2) is 114 Å². The van der Waals surface area contributed by atoms with Crippen molar-refractivity contribution in [3.05, 3.63) is 52.9 Å². The summed E-state index contributed by atoms with van der Waals surface area (Å²) in [5.41, 5.74) is 5.03. The standard InChI is InChI=1S/C35H48N8O4S/c1-24-30(48-23-39-24)26-9-8-25(10-12-37-32(45)28-7-6-14-43(28)33(46)31(36-5)35(2,3)4)29(21-26)47-20-19-41-15-17-42(18-16-41)34-38-13-11-27(22-44)40-34/h8-9,11,13,21-23,28,31,36H,6-7,10,12,14-20H2,1-5H3,(H,37,45). The first-order valence-electron chi connectivity index (χ1n) is 16.8. The first kappa shape index (κ1) is 35.4. The van der Waals surface area contributed by atoms with Crippen molar-refractivity contribution in [2.24, 2.45) is 5.41 Å². The monoisotopic (exact) mass is 676 g/mol. The summed E-state index contributed by atoms with van der Waals surface area (Å²) in [4.78, 5) is 58.2. The number of likely N-dealkylation sites (N-methyl/N-ethyl adjacent to an activating group) is 1. The Labute approximate surface area is 287 Å². The number of anilines is 1. The topological polar surface area (TPSA) is 133 Å². The van der Waals surface area contributed by atoms with E-state index in [-0.39, 0.29) is 23.3 Å². The summed E-state index contributed by atoms with van der Waals surface area (Å²) in [6, 6.07) is 7.04. The van der Waals surface area contributed by atoms with Crippen LogP contribution in [0, 0.1) is 12.3 Å². The Balaban J connectivity index is 1.18. The molecule has 3 aromatic rings. The fraction of sp³-hybridized carbons (Fsp3) is 0.543. The van der Waals surface area contributed by atoms with E-state index in [4.69, 9.17) is 4.74 Å². The molecule has 0 bridgehead atoms. The number of rotatable bonds is 13. The van der Waals surface area contributed by atoms with Gasteiger partial charge in [-0.3, -0.25) is 19.3 Å². The van der Waals surface area contributed by atoms with Gasteiger partial charge in [-0.25, -0.2) is 15.0 Å². The Morgan fingerprint density at radius 3 is 2.60 bits per heavy atom. The summed E-state index contributed by atoms with van der Waals surface area (Å²) >= 11 is 1.60.